The lowest BCUT2D eigenvalue weighted by molar-refractivity contribution is 1.21. The molecule has 0 bridgehead atoms. The summed E-state index contributed by atoms with van der Waals surface area (Å²) in [5.74, 6) is 5.75. The highest BCUT2D eigenvalue weighted by Gasteiger charge is 2.00. The highest BCUT2D eigenvalue weighted by molar-refractivity contribution is 7.15. The Labute approximate surface area is 77.0 Å². The number of aromatic nitrogens is 1. The van der Waals surface area contributed by atoms with Crippen LogP contribution in [0.25, 0.3) is 0 Å². The van der Waals surface area contributed by atoms with Crippen molar-refractivity contribution in [3.05, 3.63) is 10.6 Å². The van der Waals surface area contributed by atoms with Gasteiger partial charge in [0.2, 0.25) is 0 Å². The summed E-state index contributed by atoms with van der Waals surface area (Å²) in [6.07, 6.45) is 0. The van der Waals surface area contributed by atoms with Gasteiger partial charge in [-0.05, 0) is 20.8 Å². The first-order chi connectivity index (χ1) is 5.74. The third-order valence-electron chi connectivity index (χ3n) is 1.53. The van der Waals surface area contributed by atoms with Gasteiger partial charge < -0.3 is 5.32 Å². The summed E-state index contributed by atoms with van der Waals surface area (Å²) < 4.78 is 0. The van der Waals surface area contributed by atoms with Crippen LogP contribution in [0.5, 0.6) is 0 Å². The van der Waals surface area contributed by atoms with Gasteiger partial charge in [0, 0.05) is 4.88 Å². The Kier molecular flexibility index (Phi) is 3.12. The molecule has 1 aromatic rings. The van der Waals surface area contributed by atoms with Crippen LogP contribution >= 0.6 is 11.3 Å². The normalized spacial score (nSPS) is 8.92. The second-order valence-corrected chi connectivity index (χ2v) is 3.64. The number of thiazole rings is 1. The summed E-state index contributed by atoms with van der Waals surface area (Å²) >= 11 is 1.67. The van der Waals surface area contributed by atoms with Crippen molar-refractivity contribution in [3.8, 4) is 11.8 Å². The molecule has 1 rings (SSSR count). The summed E-state index contributed by atoms with van der Waals surface area (Å²) in [5.41, 5.74) is 1.10. The molecule has 1 heterocycles. The van der Waals surface area contributed by atoms with E-state index in [4.69, 9.17) is 0 Å². The van der Waals surface area contributed by atoms with Crippen molar-refractivity contribution >= 4 is 16.5 Å². The van der Waals surface area contributed by atoms with E-state index in [2.05, 4.69) is 29.1 Å². The van der Waals surface area contributed by atoms with Crippen LogP contribution in [0.1, 0.15) is 17.5 Å². The molecule has 12 heavy (non-hydrogen) atoms. The van der Waals surface area contributed by atoms with Gasteiger partial charge in [0.05, 0.1) is 12.2 Å². The van der Waals surface area contributed by atoms with Gasteiger partial charge in [0.15, 0.2) is 5.13 Å². The summed E-state index contributed by atoms with van der Waals surface area (Å²) in [5, 5.41) is 4.11. The van der Waals surface area contributed by atoms with E-state index in [1.54, 1.807) is 11.3 Å². The summed E-state index contributed by atoms with van der Waals surface area (Å²) in [7, 11) is 0. The highest BCUT2D eigenvalue weighted by atomic mass is 32.1. The molecule has 1 aromatic heterocycles. The Morgan fingerprint density at radius 3 is 2.75 bits per heavy atom. The highest BCUT2D eigenvalue weighted by Crippen LogP contribution is 2.20. The Hall–Kier alpha value is -1.01. The average Bonchev–Trinajstić information content (AvgIpc) is 2.32. The second-order valence-electron chi connectivity index (χ2n) is 2.44. The van der Waals surface area contributed by atoms with Crippen molar-refractivity contribution in [2.45, 2.75) is 20.8 Å². The lowest BCUT2D eigenvalue weighted by Crippen LogP contribution is -1.97. The molecule has 0 radical (unpaired) electrons. The van der Waals surface area contributed by atoms with Crippen LogP contribution in [0.4, 0.5) is 5.13 Å². The first-order valence-corrected chi connectivity index (χ1v) is 4.63. The quantitative estimate of drug-likeness (QED) is 0.706. The van der Waals surface area contributed by atoms with Gasteiger partial charge in [-0.25, -0.2) is 4.98 Å². The number of anilines is 1. The fourth-order valence-corrected chi connectivity index (χ4v) is 1.57. The number of hydrogen-bond donors (Lipinski definition) is 1. The number of rotatable bonds is 2. The van der Waals surface area contributed by atoms with Gasteiger partial charge in [-0.3, -0.25) is 0 Å². The number of nitrogens with zero attached hydrogens (tertiary/aromatic N) is 1. The lowest BCUT2D eigenvalue weighted by Gasteiger charge is -1.92. The Bertz CT molecular complexity index is 298. The predicted octanol–water partition coefficient (Wildman–Crippen LogP) is 2.20. The monoisotopic (exact) mass is 180 g/mol. The SMILES string of the molecule is CC#CCNc1nc(C)c(C)s1. The van der Waals surface area contributed by atoms with Gasteiger partial charge in [-0.1, -0.05) is 5.92 Å². The van der Waals surface area contributed by atoms with E-state index in [-0.39, 0.29) is 0 Å². The molecule has 0 aromatic carbocycles. The van der Waals surface area contributed by atoms with Gasteiger partial charge >= 0.3 is 0 Å². The van der Waals surface area contributed by atoms with Crippen molar-refractivity contribution in [2.24, 2.45) is 0 Å². The van der Waals surface area contributed by atoms with E-state index >= 15 is 0 Å². The van der Waals surface area contributed by atoms with Gasteiger partial charge in [0.1, 0.15) is 0 Å². The third-order valence-corrected chi connectivity index (χ3v) is 2.56. The smallest absolute Gasteiger partial charge is 0.183 e. The minimum atomic E-state index is 0.683. The van der Waals surface area contributed by atoms with Crippen LogP contribution in [-0.2, 0) is 0 Å². The molecule has 64 valence electrons. The van der Waals surface area contributed by atoms with Crippen LogP contribution in [0.15, 0.2) is 0 Å². The maximum Gasteiger partial charge on any atom is 0.183 e. The zero-order chi connectivity index (χ0) is 8.97. The largest absolute Gasteiger partial charge is 0.351 e. The molecule has 0 amide bonds. The second kappa shape index (κ2) is 4.13. The number of nitrogens with one attached hydrogen (secondary N) is 1. The minimum Gasteiger partial charge on any atom is -0.351 e. The molecule has 0 fully saturated rings. The average molecular weight is 180 g/mol. The summed E-state index contributed by atoms with van der Waals surface area (Å²) in [6, 6.07) is 0. The molecule has 0 saturated carbocycles. The van der Waals surface area contributed by atoms with Crippen LogP contribution in [0.2, 0.25) is 0 Å². The Morgan fingerprint density at radius 2 is 2.25 bits per heavy atom. The molecule has 0 aliphatic rings. The molecule has 0 aliphatic carbocycles. The fraction of sp³-hybridized carbons (Fsp3) is 0.444. The van der Waals surface area contributed by atoms with Gasteiger partial charge in [-0.15, -0.1) is 17.3 Å². The maximum atomic E-state index is 4.32. The molecule has 0 aliphatic heterocycles. The van der Waals surface area contributed by atoms with E-state index in [1.165, 1.54) is 4.88 Å². The topological polar surface area (TPSA) is 24.9 Å². The lowest BCUT2D eigenvalue weighted by atomic mass is 10.4. The summed E-state index contributed by atoms with van der Waals surface area (Å²) in [4.78, 5) is 5.59. The molecule has 3 heteroatoms. The fourth-order valence-electron chi connectivity index (χ4n) is 0.757. The van der Waals surface area contributed by atoms with Crippen LogP contribution in [-0.4, -0.2) is 11.5 Å². The van der Waals surface area contributed by atoms with E-state index in [0.717, 1.165) is 10.8 Å². The molecular formula is C9H12N2S. The molecule has 0 saturated heterocycles. The standard InChI is InChI=1S/C9H12N2S/c1-4-5-6-10-9-11-7(2)8(3)12-9/h6H2,1-3H3,(H,10,11). The van der Waals surface area contributed by atoms with Crippen LogP contribution in [0, 0.1) is 25.7 Å². The first-order valence-electron chi connectivity index (χ1n) is 3.81. The minimum absolute atomic E-state index is 0.683. The molecule has 1 N–H and O–H groups in total. The van der Waals surface area contributed by atoms with Crippen molar-refractivity contribution in [1.29, 1.82) is 0 Å². The third kappa shape index (κ3) is 2.24. The molecule has 2 nitrogen and oxygen atoms in total. The molecular weight excluding hydrogens is 168 g/mol. The van der Waals surface area contributed by atoms with E-state index in [1.807, 2.05) is 13.8 Å². The Morgan fingerprint density at radius 1 is 1.50 bits per heavy atom. The van der Waals surface area contributed by atoms with Gasteiger partial charge in [-0.2, -0.15) is 0 Å². The van der Waals surface area contributed by atoms with E-state index in [9.17, 15) is 0 Å². The Balaban J connectivity index is 2.56. The number of hydrogen-bond acceptors (Lipinski definition) is 3. The molecule has 0 spiro atoms. The zero-order valence-electron chi connectivity index (χ0n) is 7.56. The van der Waals surface area contributed by atoms with E-state index in [0.29, 0.717) is 6.54 Å². The number of aryl methyl sites for hydroxylation is 2. The zero-order valence-corrected chi connectivity index (χ0v) is 8.38. The van der Waals surface area contributed by atoms with Crippen LogP contribution < -0.4 is 5.32 Å². The predicted molar refractivity (Wildman–Crippen MR) is 53.5 cm³/mol. The van der Waals surface area contributed by atoms with Gasteiger partial charge in [0.25, 0.3) is 0 Å². The first kappa shape index (κ1) is 9.08. The van der Waals surface area contributed by atoms with Crippen molar-refractivity contribution in [3.63, 3.8) is 0 Å². The molecule has 0 unspecified atom stereocenters. The van der Waals surface area contributed by atoms with Crippen molar-refractivity contribution in [2.75, 3.05) is 11.9 Å². The van der Waals surface area contributed by atoms with Crippen molar-refractivity contribution < 1.29 is 0 Å². The summed E-state index contributed by atoms with van der Waals surface area (Å²) in [6.45, 7) is 6.61. The van der Waals surface area contributed by atoms with E-state index < -0.39 is 0 Å². The molecule has 0 atom stereocenters. The van der Waals surface area contributed by atoms with Crippen molar-refractivity contribution in [1.82, 2.24) is 4.98 Å². The maximum absolute atomic E-state index is 4.32. The van der Waals surface area contributed by atoms with Crippen LogP contribution in [0.3, 0.4) is 0 Å².